The molecular weight excluding hydrogens is 421 g/mol. The smallest absolute Gasteiger partial charge is 0.254 e. The summed E-state index contributed by atoms with van der Waals surface area (Å²) >= 11 is 0. The van der Waals surface area contributed by atoms with Crippen LogP contribution < -0.4 is 20.5 Å². The molecule has 2 aromatic carbocycles. The molecule has 3 N–H and O–H groups in total. The Bertz CT molecular complexity index is 883. The molecule has 0 radical (unpaired) electrons. The van der Waals surface area contributed by atoms with Crippen molar-refractivity contribution in [2.24, 2.45) is 11.7 Å². The van der Waals surface area contributed by atoms with Crippen LogP contribution in [0.2, 0.25) is 0 Å². The van der Waals surface area contributed by atoms with Gasteiger partial charge >= 0.3 is 0 Å². The standard InChI is InChI=1S/C22H25F3N2O3.C2H6/c1-29-16-8-4-14(5-9-16)12-30-21-18(23)10-17(19(24)20(21)25)22(28)27-11-13-2-6-15(26)7-3-13;1-2/h4-5,8-10,13,15H,2-3,6-7,11-12,26H2,1H3,(H,27,28);1-2H3. The summed E-state index contributed by atoms with van der Waals surface area (Å²) in [7, 11) is 1.52. The van der Waals surface area contributed by atoms with Gasteiger partial charge in [0.25, 0.3) is 5.91 Å². The van der Waals surface area contributed by atoms with Crippen molar-refractivity contribution in [3.8, 4) is 11.5 Å². The first-order valence-corrected chi connectivity index (χ1v) is 10.9. The van der Waals surface area contributed by atoms with E-state index < -0.39 is 34.7 Å². The zero-order valence-electron chi connectivity index (χ0n) is 18.7. The maximum absolute atomic E-state index is 14.4. The van der Waals surface area contributed by atoms with Gasteiger partial charge in [-0.15, -0.1) is 0 Å². The monoisotopic (exact) mass is 452 g/mol. The fourth-order valence-electron chi connectivity index (χ4n) is 3.48. The molecule has 5 nitrogen and oxygen atoms in total. The van der Waals surface area contributed by atoms with Gasteiger partial charge in [-0.05, 0) is 55.4 Å². The third kappa shape index (κ3) is 6.63. The fraction of sp³-hybridized carbons (Fsp3) is 0.458. The van der Waals surface area contributed by atoms with Crippen molar-refractivity contribution in [3.05, 3.63) is 58.9 Å². The summed E-state index contributed by atoms with van der Waals surface area (Å²) in [6.45, 7) is 4.14. The summed E-state index contributed by atoms with van der Waals surface area (Å²) in [6, 6.07) is 7.48. The van der Waals surface area contributed by atoms with Crippen molar-refractivity contribution in [1.29, 1.82) is 0 Å². The van der Waals surface area contributed by atoms with Crippen LogP contribution in [0.15, 0.2) is 30.3 Å². The highest BCUT2D eigenvalue weighted by molar-refractivity contribution is 5.94. The molecule has 8 heteroatoms. The van der Waals surface area contributed by atoms with E-state index in [2.05, 4.69) is 5.32 Å². The normalized spacial score (nSPS) is 17.7. The second-order valence-electron chi connectivity index (χ2n) is 7.49. The molecule has 3 rings (SSSR count). The largest absolute Gasteiger partial charge is 0.497 e. The average Bonchev–Trinajstić information content (AvgIpc) is 2.82. The Balaban J connectivity index is 0.00000176. The molecule has 1 aliphatic rings. The molecule has 0 aromatic heterocycles. The van der Waals surface area contributed by atoms with Gasteiger partial charge in [0.05, 0.1) is 12.7 Å². The quantitative estimate of drug-likeness (QED) is 0.582. The van der Waals surface area contributed by atoms with Crippen molar-refractivity contribution < 1.29 is 27.4 Å². The van der Waals surface area contributed by atoms with Crippen molar-refractivity contribution in [2.45, 2.75) is 52.2 Å². The molecule has 0 spiro atoms. The second kappa shape index (κ2) is 12.3. The highest BCUT2D eigenvalue weighted by Crippen LogP contribution is 2.28. The van der Waals surface area contributed by atoms with Crippen molar-refractivity contribution >= 4 is 5.91 Å². The summed E-state index contributed by atoms with van der Waals surface area (Å²) in [5.41, 5.74) is 5.78. The van der Waals surface area contributed by atoms with Crippen LogP contribution >= 0.6 is 0 Å². The molecule has 176 valence electrons. The lowest BCUT2D eigenvalue weighted by Crippen LogP contribution is -2.34. The number of halogens is 3. The number of amides is 1. The predicted molar refractivity (Wildman–Crippen MR) is 117 cm³/mol. The highest BCUT2D eigenvalue weighted by atomic mass is 19.2. The Morgan fingerprint density at radius 3 is 2.28 bits per heavy atom. The Morgan fingerprint density at radius 2 is 1.69 bits per heavy atom. The van der Waals surface area contributed by atoms with E-state index in [1.807, 2.05) is 13.8 Å². The van der Waals surface area contributed by atoms with Crippen LogP contribution in [0.1, 0.15) is 55.5 Å². The third-order valence-corrected chi connectivity index (χ3v) is 5.35. The van der Waals surface area contributed by atoms with Gasteiger partial charge in [0.1, 0.15) is 12.4 Å². The molecule has 0 bridgehead atoms. The lowest BCUT2D eigenvalue weighted by Gasteiger charge is -2.26. The molecule has 0 aliphatic heterocycles. The average molecular weight is 453 g/mol. The maximum atomic E-state index is 14.4. The van der Waals surface area contributed by atoms with Crippen LogP contribution in [-0.4, -0.2) is 25.6 Å². The Morgan fingerprint density at radius 1 is 1.06 bits per heavy atom. The lowest BCUT2D eigenvalue weighted by molar-refractivity contribution is 0.0937. The minimum atomic E-state index is -1.53. The highest BCUT2D eigenvalue weighted by Gasteiger charge is 2.25. The molecule has 1 aliphatic carbocycles. The topological polar surface area (TPSA) is 73.6 Å². The van der Waals surface area contributed by atoms with Crippen LogP contribution in [0, 0.1) is 23.4 Å². The van der Waals surface area contributed by atoms with Gasteiger partial charge in [0.15, 0.2) is 17.4 Å². The number of benzene rings is 2. The van der Waals surface area contributed by atoms with E-state index >= 15 is 0 Å². The van der Waals surface area contributed by atoms with Crippen LogP contribution in [0.5, 0.6) is 11.5 Å². The summed E-state index contributed by atoms with van der Waals surface area (Å²) in [5.74, 6) is -4.99. The van der Waals surface area contributed by atoms with E-state index in [0.717, 1.165) is 25.7 Å². The minimum absolute atomic E-state index is 0.169. The van der Waals surface area contributed by atoms with E-state index in [0.29, 0.717) is 23.9 Å². The fourth-order valence-corrected chi connectivity index (χ4v) is 3.48. The van der Waals surface area contributed by atoms with Gasteiger partial charge < -0.3 is 20.5 Å². The van der Waals surface area contributed by atoms with Gasteiger partial charge in [-0.1, -0.05) is 26.0 Å². The van der Waals surface area contributed by atoms with E-state index in [9.17, 15) is 18.0 Å². The summed E-state index contributed by atoms with van der Waals surface area (Å²) < 4.78 is 53.3. The molecule has 32 heavy (non-hydrogen) atoms. The van der Waals surface area contributed by atoms with Gasteiger partial charge in [0, 0.05) is 12.6 Å². The Labute approximate surface area is 187 Å². The number of nitrogens with one attached hydrogen (secondary N) is 1. The molecule has 1 saturated carbocycles. The Hall–Kier alpha value is -2.74. The summed E-state index contributed by atoms with van der Waals surface area (Å²) in [5, 5.41) is 2.56. The zero-order valence-corrected chi connectivity index (χ0v) is 18.7. The molecule has 0 heterocycles. The number of carbonyl (C=O) groups is 1. The number of nitrogens with two attached hydrogens (primary N) is 1. The molecule has 1 fully saturated rings. The first-order valence-electron chi connectivity index (χ1n) is 10.9. The van der Waals surface area contributed by atoms with E-state index in [1.165, 1.54) is 7.11 Å². The first kappa shape index (κ1) is 25.5. The Kier molecular flexibility index (Phi) is 9.84. The van der Waals surface area contributed by atoms with Crippen LogP contribution in [0.3, 0.4) is 0 Å². The SMILES string of the molecule is CC.COc1ccc(COc2c(F)cc(C(=O)NCC3CCC(N)CC3)c(F)c2F)cc1. The predicted octanol–water partition coefficient (Wildman–Crippen LogP) is 4.97. The molecule has 2 aromatic rings. The van der Waals surface area contributed by atoms with Gasteiger partial charge in [-0.25, -0.2) is 8.78 Å². The number of hydrogen-bond donors (Lipinski definition) is 2. The number of rotatable bonds is 7. The number of carbonyl (C=O) groups excluding carboxylic acids is 1. The molecule has 0 unspecified atom stereocenters. The number of hydrogen-bond acceptors (Lipinski definition) is 4. The number of ether oxygens (including phenoxy) is 2. The van der Waals surface area contributed by atoms with Gasteiger partial charge in [-0.3, -0.25) is 4.79 Å². The van der Waals surface area contributed by atoms with Crippen molar-refractivity contribution in [2.75, 3.05) is 13.7 Å². The zero-order chi connectivity index (χ0) is 23.7. The van der Waals surface area contributed by atoms with Gasteiger partial charge in [0.2, 0.25) is 5.82 Å². The third-order valence-electron chi connectivity index (χ3n) is 5.35. The lowest BCUT2D eigenvalue weighted by atomic mass is 9.86. The van der Waals surface area contributed by atoms with Crippen molar-refractivity contribution in [1.82, 2.24) is 5.32 Å². The number of methoxy groups -OCH3 is 1. The summed E-state index contributed by atoms with van der Waals surface area (Å²) in [4.78, 5) is 12.3. The van der Waals surface area contributed by atoms with E-state index in [1.54, 1.807) is 24.3 Å². The maximum Gasteiger partial charge on any atom is 0.254 e. The van der Waals surface area contributed by atoms with Crippen LogP contribution in [0.4, 0.5) is 13.2 Å². The van der Waals surface area contributed by atoms with Crippen LogP contribution in [-0.2, 0) is 6.61 Å². The molecule has 1 amide bonds. The molecule has 0 atom stereocenters. The van der Waals surface area contributed by atoms with E-state index in [4.69, 9.17) is 15.2 Å². The summed E-state index contributed by atoms with van der Waals surface area (Å²) in [6.07, 6.45) is 3.42. The van der Waals surface area contributed by atoms with Crippen molar-refractivity contribution in [3.63, 3.8) is 0 Å². The minimum Gasteiger partial charge on any atom is -0.497 e. The molecule has 0 saturated heterocycles. The van der Waals surface area contributed by atoms with Crippen LogP contribution in [0.25, 0.3) is 0 Å². The second-order valence-corrected chi connectivity index (χ2v) is 7.49. The van der Waals surface area contributed by atoms with Gasteiger partial charge in [-0.2, -0.15) is 4.39 Å². The van der Waals surface area contributed by atoms with E-state index in [-0.39, 0.29) is 18.6 Å². The first-order chi connectivity index (χ1) is 15.4. The molecular formula is C24H31F3N2O3.